The highest BCUT2D eigenvalue weighted by atomic mass is 16.5. The van der Waals surface area contributed by atoms with E-state index in [1.165, 1.54) is 0 Å². The molecule has 3 aromatic carbocycles. The van der Waals surface area contributed by atoms with Crippen LogP contribution in [0.4, 0.5) is 4.79 Å². The number of alkyl carbamates (subject to hydrolysis) is 1. The van der Waals surface area contributed by atoms with Crippen LogP contribution >= 0.6 is 0 Å². The maximum Gasteiger partial charge on any atom is 0.408 e. The number of carbonyl (C=O) groups excluding carboxylic acids is 4. The van der Waals surface area contributed by atoms with E-state index in [2.05, 4.69) is 16.0 Å². The van der Waals surface area contributed by atoms with Crippen molar-refractivity contribution in [1.29, 1.82) is 0 Å². The Morgan fingerprint density at radius 1 is 0.780 bits per heavy atom. The number of ether oxygens (including phenoxy) is 1. The van der Waals surface area contributed by atoms with E-state index in [4.69, 9.17) is 4.74 Å². The van der Waals surface area contributed by atoms with Crippen LogP contribution < -0.4 is 16.0 Å². The fourth-order valence-corrected chi connectivity index (χ4v) is 4.67. The summed E-state index contributed by atoms with van der Waals surface area (Å²) in [5.74, 6) is -0.704. The summed E-state index contributed by atoms with van der Waals surface area (Å²) in [6.07, 6.45) is 0.827. The lowest BCUT2D eigenvalue weighted by atomic mass is 9.97. The molecular weight excluding hydrogens is 518 g/mol. The summed E-state index contributed by atoms with van der Waals surface area (Å²) in [5, 5.41) is 10.5. The van der Waals surface area contributed by atoms with Crippen LogP contribution in [0.2, 0.25) is 0 Å². The molecule has 41 heavy (non-hydrogen) atoms. The van der Waals surface area contributed by atoms with E-state index in [1.54, 1.807) is 0 Å². The van der Waals surface area contributed by atoms with Gasteiger partial charge in [0.15, 0.2) is 0 Å². The Kier molecular flexibility index (Phi) is 11.9. The van der Waals surface area contributed by atoms with Gasteiger partial charge >= 0.3 is 6.09 Å². The van der Waals surface area contributed by atoms with E-state index in [0.717, 1.165) is 28.2 Å². The van der Waals surface area contributed by atoms with Crippen molar-refractivity contribution in [3.63, 3.8) is 0 Å². The average molecular weight is 560 g/mol. The number of aldehydes is 1. The number of benzene rings is 3. The molecule has 0 saturated carbocycles. The fraction of sp³-hybridized carbons (Fsp3) is 0.394. The molecule has 3 amide bonds. The summed E-state index contributed by atoms with van der Waals surface area (Å²) in [4.78, 5) is 51.0. The minimum atomic E-state index is -0.998. The van der Waals surface area contributed by atoms with Gasteiger partial charge in [0, 0.05) is 18.9 Å². The highest BCUT2D eigenvalue weighted by molar-refractivity contribution is 5.92. The lowest BCUT2D eigenvalue weighted by molar-refractivity contribution is -0.131. The number of hydrogen-bond acceptors (Lipinski definition) is 5. The third kappa shape index (κ3) is 9.74. The van der Waals surface area contributed by atoms with Crippen molar-refractivity contribution in [3.05, 3.63) is 83.9 Å². The smallest absolute Gasteiger partial charge is 0.408 e. The third-order valence-electron chi connectivity index (χ3n) is 6.95. The van der Waals surface area contributed by atoms with Crippen molar-refractivity contribution in [2.24, 2.45) is 11.8 Å². The van der Waals surface area contributed by atoms with Crippen molar-refractivity contribution < 1.29 is 23.9 Å². The molecule has 0 aromatic heterocycles. The molecule has 0 bridgehead atoms. The van der Waals surface area contributed by atoms with Crippen molar-refractivity contribution in [2.75, 3.05) is 0 Å². The zero-order chi connectivity index (χ0) is 29.8. The van der Waals surface area contributed by atoms with Crippen molar-refractivity contribution in [1.82, 2.24) is 16.0 Å². The van der Waals surface area contributed by atoms with Gasteiger partial charge in [0.1, 0.15) is 25.0 Å². The van der Waals surface area contributed by atoms with Crippen LogP contribution in [0.3, 0.4) is 0 Å². The number of fused-ring (bicyclic) bond motifs is 1. The maximum atomic E-state index is 13.7. The topological polar surface area (TPSA) is 114 Å². The molecule has 0 aliphatic heterocycles. The Morgan fingerprint density at radius 3 is 2.12 bits per heavy atom. The first kappa shape index (κ1) is 31.3. The summed E-state index contributed by atoms with van der Waals surface area (Å²) in [6, 6.07) is 20.7. The molecule has 0 radical (unpaired) electrons. The van der Waals surface area contributed by atoms with Gasteiger partial charge in [0.2, 0.25) is 11.8 Å². The van der Waals surface area contributed by atoms with Crippen molar-refractivity contribution in [2.45, 2.75) is 71.7 Å². The van der Waals surface area contributed by atoms with E-state index >= 15 is 0 Å². The van der Waals surface area contributed by atoms with Crippen LogP contribution in [0, 0.1) is 11.8 Å². The zero-order valence-electron chi connectivity index (χ0n) is 24.3. The van der Waals surface area contributed by atoms with Gasteiger partial charge in [0.05, 0.1) is 0 Å². The summed E-state index contributed by atoms with van der Waals surface area (Å²) >= 11 is 0. The average Bonchev–Trinajstić information content (AvgIpc) is 2.95. The summed E-state index contributed by atoms with van der Waals surface area (Å²) in [6.45, 7) is 7.83. The number of rotatable bonds is 14. The molecule has 0 spiro atoms. The number of nitrogens with one attached hydrogen (secondary N) is 3. The van der Waals surface area contributed by atoms with Gasteiger partial charge in [-0.15, -0.1) is 0 Å². The van der Waals surface area contributed by atoms with E-state index < -0.39 is 24.1 Å². The molecule has 3 N–H and O–H groups in total. The fourth-order valence-electron chi connectivity index (χ4n) is 4.67. The predicted molar refractivity (Wildman–Crippen MR) is 160 cm³/mol. The Morgan fingerprint density at radius 2 is 1.44 bits per heavy atom. The van der Waals surface area contributed by atoms with Gasteiger partial charge in [0.25, 0.3) is 0 Å². The molecule has 0 heterocycles. The van der Waals surface area contributed by atoms with E-state index in [-0.39, 0.29) is 43.2 Å². The van der Waals surface area contributed by atoms with Gasteiger partial charge in [-0.3, -0.25) is 9.59 Å². The van der Waals surface area contributed by atoms with Crippen LogP contribution in [0.5, 0.6) is 0 Å². The Labute approximate surface area is 242 Å². The van der Waals surface area contributed by atoms with Crippen molar-refractivity contribution >= 4 is 35.0 Å². The van der Waals surface area contributed by atoms with Gasteiger partial charge in [-0.05, 0) is 40.2 Å². The van der Waals surface area contributed by atoms with Crippen molar-refractivity contribution in [3.8, 4) is 0 Å². The predicted octanol–water partition coefficient (Wildman–Crippen LogP) is 4.94. The molecule has 8 heteroatoms. The molecule has 0 aliphatic rings. The molecule has 8 nitrogen and oxygen atoms in total. The van der Waals surface area contributed by atoms with Crippen LogP contribution in [0.25, 0.3) is 10.8 Å². The zero-order valence-corrected chi connectivity index (χ0v) is 24.3. The first-order valence-corrected chi connectivity index (χ1v) is 14.2. The minimum absolute atomic E-state index is 0.0414. The van der Waals surface area contributed by atoms with Gasteiger partial charge in [-0.2, -0.15) is 0 Å². The van der Waals surface area contributed by atoms with Gasteiger partial charge < -0.3 is 25.5 Å². The van der Waals surface area contributed by atoms with Gasteiger partial charge in [-0.25, -0.2) is 4.79 Å². The normalized spacial score (nSPS) is 13.3. The second-order valence-corrected chi connectivity index (χ2v) is 11.1. The van der Waals surface area contributed by atoms with Crippen LogP contribution in [0.1, 0.15) is 51.7 Å². The van der Waals surface area contributed by atoms with Crippen LogP contribution in [-0.4, -0.2) is 42.3 Å². The Hall–Kier alpha value is -4.20. The molecule has 218 valence electrons. The number of carbonyl (C=O) groups is 4. The Bertz CT molecular complexity index is 1300. The molecule has 3 aromatic rings. The number of amides is 3. The summed E-state index contributed by atoms with van der Waals surface area (Å²) in [7, 11) is 0. The molecule has 3 rings (SSSR count). The standard InChI is InChI=1S/C33H41N3O5/c1-22(2)19-29(31(38)34-28(17-18-37)23(3)4)35-32(39)30(36-33(40)41-21-24-11-6-5-7-12-24)20-26-15-10-14-25-13-8-9-16-27(25)26/h5-16,18,22-23,28-30H,17,19-21H2,1-4H3,(H,34,38)(H,35,39)(H,36,40)/t28?,29-,30-/m0/s1. The SMILES string of the molecule is CC(C)C[C@H](NC(=O)[C@H](Cc1cccc2ccccc12)NC(=O)OCc1ccccc1)C(=O)NC(CC=O)C(C)C. The molecule has 3 atom stereocenters. The first-order chi connectivity index (χ1) is 19.7. The maximum absolute atomic E-state index is 13.7. The molecule has 0 fully saturated rings. The molecule has 1 unspecified atom stereocenters. The largest absolute Gasteiger partial charge is 0.445 e. The lowest BCUT2D eigenvalue weighted by Crippen LogP contribution is -2.56. The summed E-state index contributed by atoms with van der Waals surface area (Å²) in [5.41, 5.74) is 1.70. The van der Waals surface area contributed by atoms with Crippen LogP contribution in [0.15, 0.2) is 72.8 Å². The van der Waals surface area contributed by atoms with Gasteiger partial charge in [-0.1, -0.05) is 100 Å². The molecular formula is C33H41N3O5. The highest BCUT2D eigenvalue weighted by Crippen LogP contribution is 2.20. The second-order valence-electron chi connectivity index (χ2n) is 11.1. The van der Waals surface area contributed by atoms with E-state index in [9.17, 15) is 19.2 Å². The number of hydrogen-bond donors (Lipinski definition) is 3. The minimum Gasteiger partial charge on any atom is -0.445 e. The quantitative estimate of drug-likeness (QED) is 0.242. The second kappa shape index (κ2) is 15.6. The van der Waals surface area contributed by atoms with E-state index in [0.29, 0.717) is 6.42 Å². The first-order valence-electron chi connectivity index (χ1n) is 14.2. The van der Waals surface area contributed by atoms with E-state index in [1.807, 2.05) is 100 Å². The Balaban J connectivity index is 1.82. The monoisotopic (exact) mass is 559 g/mol. The third-order valence-corrected chi connectivity index (χ3v) is 6.95. The summed E-state index contributed by atoms with van der Waals surface area (Å²) < 4.78 is 5.41. The van der Waals surface area contributed by atoms with Crippen LogP contribution in [-0.2, 0) is 32.1 Å². The lowest BCUT2D eigenvalue weighted by Gasteiger charge is -2.27. The molecule has 0 aliphatic carbocycles. The highest BCUT2D eigenvalue weighted by Gasteiger charge is 2.30. The molecule has 0 saturated heterocycles.